The largest absolute Gasteiger partial charge is 0.338 e. The van der Waals surface area contributed by atoms with Gasteiger partial charge in [-0.25, -0.2) is 13.1 Å². The van der Waals surface area contributed by atoms with Gasteiger partial charge in [0, 0.05) is 13.1 Å². The third kappa shape index (κ3) is 5.14. The van der Waals surface area contributed by atoms with Crippen LogP contribution in [0.5, 0.6) is 0 Å². The van der Waals surface area contributed by atoms with Gasteiger partial charge in [-0.2, -0.15) is 0 Å². The monoisotopic (exact) mass is 360 g/mol. The van der Waals surface area contributed by atoms with Gasteiger partial charge in [-0.05, 0) is 38.0 Å². The Morgan fingerprint density at radius 3 is 2.36 bits per heavy atom. The van der Waals surface area contributed by atoms with Crippen molar-refractivity contribution in [3.05, 3.63) is 65.2 Å². The van der Waals surface area contributed by atoms with E-state index >= 15 is 0 Å². The molecule has 1 N–H and O–H groups in total. The van der Waals surface area contributed by atoms with Crippen LogP contribution in [-0.2, 0) is 21.4 Å². The van der Waals surface area contributed by atoms with Crippen LogP contribution in [0.4, 0.5) is 0 Å². The van der Waals surface area contributed by atoms with Crippen LogP contribution >= 0.6 is 0 Å². The normalized spacial score (nSPS) is 11.3. The van der Waals surface area contributed by atoms with Gasteiger partial charge >= 0.3 is 0 Å². The summed E-state index contributed by atoms with van der Waals surface area (Å²) in [5.41, 5.74) is 2.67. The second kappa shape index (κ2) is 8.27. The Kier molecular flexibility index (Phi) is 6.33. The van der Waals surface area contributed by atoms with Crippen molar-refractivity contribution >= 4 is 15.9 Å². The Balaban J connectivity index is 2.04. The SMILES string of the molecule is CCN(Cc1ccccc1)C(=O)CNS(=O)(=O)c1ccc(C)cc1C. The van der Waals surface area contributed by atoms with Crippen molar-refractivity contribution in [2.24, 2.45) is 0 Å². The summed E-state index contributed by atoms with van der Waals surface area (Å²) in [6.07, 6.45) is 0. The number of nitrogens with one attached hydrogen (secondary N) is 1. The fraction of sp³-hybridized carbons (Fsp3) is 0.316. The van der Waals surface area contributed by atoms with Crippen LogP contribution < -0.4 is 4.72 Å². The highest BCUT2D eigenvalue weighted by Gasteiger charge is 2.20. The standard InChI is InChI=1S/C19H24N2O3S/c1-4-21(14-17-8-6-5-7-9-17)19(22)13-20-25(23,24)18-11-10-15(2)12-16(18)3/h5-12,20H,4,13-14H2,1-3H3. The Morgan fingerprint density at radius 1 is 1.08 bits per heavy atom. The molecule has 0 bridgehead atoms. The molecular weight excluding hydrogens is 336 g/mol. The van der Waals surface area contributed by atoms with E-state index < -0.39 is 10.0 Å². The summed E-state index contributed by atoms with van der Waals surface area (Å²) in [6, 6.07) is 14.7. The molecule has 2 rings (SSSR count). The van der Waals surface area contributed by atoms with Gasteiger partial charge in [-0.1, -0.05) is 48.0 Å². The lowest BCUT2D eigenvalue weighted by Crippen LogP contribution is -2.39. The van der Waals surface area contributed by atoms with Crippen molar-refractivity contribution in [3.63, 3.8) is 0 Å². The molecular formula is C19H24N2O3S. The maximum Gasteiger partial charge on any atom is 0.241 e. The molecule has 0 saturated carbocycles. The maximum atomic E-state index is 12.5. The summed E-state index contributed by atoms with van der Waals surface area (Å²) in [5, 5.41) is 0. The van der Waals surface area contributed by atoms with Gasteiger partial charge in [0.25, 0.3) is 0 Å². The van der Waals surface area contributed by atoms with Crippen molar-refractivity contribution in [2.45, 2.75) is 32.2 Å². The van der Waals surface area contributed by atoms with E-state index in [4.69, 9.17) is 0 Å². The molecule has 0 aliphatic heterocycles. The predicted molar refractivity (Wildman–Crippen MR) is 98.6 cm³/mol. The van der Waals surface area contributed by atoms with E-state index in [-0.39, 0.29) is 17.3 Å². The number of likely N-dealkylation sites (N-methyl/N-ethyl adjacent to an activating group) is 1. The Morgan fingerprint density at radius 2 is 1.76 bits per heavy atom. The lowest BCUT2D eigenvalue weighted by atomic mass is 10.2. The van der Waals surface area contributed by atoms with Gasteiger partial charge in [0.1, 0.15) is 0 Å². The van der Waals surface area contributed by atoms with E-state index in [1.807, 2.05) is 50.2 Å². The molecule has 0 unspecified atom stereocenters. The zero-order valence-electron chi connectivity index (χ0n) is 14.8. The molecule has 0 aliphatic rings. The van der Waals surface area contributed by atoms with Gasteiger partial charge < -0.3 is 4.90 Å². The molecule has 0 atom stereocenters. The van der Waals surface area contributed by atoms with Gasteiger partial charge in [-0.3, -0.25) is 4.79 Å². The average molecular weight is 360 g/mol. The number of carbonyl (C=O) groups excluding carboxylic acids is 1. The Bertz CT molecular complexity index is 833. The Hall–Kier alpha value is -2.18. The molecule has 0 aromatic heterocycles. The maximum absolute atomic E-state index is 12.5. The van der Waals surface area contributed by atoms with Crippen molar-refractivity contribution in [1.82, 2.24) is 9.62 Å². The first-order valence-corrected chi connectivity index (χ1v) is 9.70. The predicted octanol–water partition coefficient (Wildman–Crippen LogP) is 2.63. The summed E-state index contributed by atoms with van der Waals surface area (Å²) < 4.78 is 27.3. The summed E-state index contributed by atoms with van der Waals surface area (Å²) in [5.74, 6) is -0.250. The van der Waals surface area contributed by atoms with Crippen LogP contribution in [-0.4, -0.2) is 32.3 Å². The molecule has 6 heteroatoms. The molecule has 25 heavy (non-hydrogen) atoms. The molecule has 0 heterocycles. The molecule has 0 spiro atoms. The zero-order chi connectivity index (χ0) is 18.4. The van der Waals surface area contributed by atoms with E-state index in [2.05, 4.69) is 4.72 Å². The quantitative estimate of drug-likeness (QED) is 0.825. The fourth-order valence-corrected chi connectivity index (χ4v) is 3.83. The van der Waals surface area contributed by atoms with Gasteiger partial charge in [-0.15, -0.1) is 0 Å². The number of sulfonamides is 1. The van der Waals surface area contributed by atoms with Crippen molar-refractivity contribution < 1.29 is 13.2 Å². The van der Waals surface area contributed by atoms with E-state index in [0.717, 1.165) is 11.1 Å². The summed E-state index contributed by atoms with van der Waals surface area (Å²) in [6.45, 7) is 6.25. The minimum absolute atomic E-state index is 0.206. The van der Waals surface area contributed by atoms with Gasteiger partial charge in [0.15, 0.2) is 0 Å². The lowest BCUT2D eigenvalue weighted by Gasteiger charge is -2.21. The molecule has 2 aromatic carbocycles. The number of amides is 1. The van der Waals surface area contributed by atoms with Crippen LogP contribution in [0.15, 0.2) is 53.4 Å². The minimum atomic E-state index is -3.71. The number of hydrogen-bond acceptors (Lipinski definition) is 3. The van der Waals surface area contributed by atoms with Crippen LogP contribution in [0.25, 0.3) is 0 Å². The highest BCUT2D eigenvalue weighted by Crippen LogP contribution is 2.16. The second-order valence-electron chi connectivity index (χ2n) is 5.99. The van der Waals surface area contributed by atoms with Crippen molar-refractivity contribution in [3.8, 4) is 0 Å². The first-order valence-electron chi connectivity index (χ1n) is 8.22. The van der Waals surface area contributed by atoms with Crippen molar-refractivity contribution in [2.75, 3.05) is 13.1 Å². The highest BCUT2D eigenvalue weighted by atomic mass is 32.2. The summed E-state index contributed by atoms with van der Waals surface area (Å²) in [4.78, 5) is 14.2. The zero-order valence-corrected chi connectivity index (χ0v) is 15.6. The molecule has 0 saturated heterocycles. The third-order valence-corrected chi connectivity index (χ3v) is 5.55. The van der Waals surface area contributed by atoms with Crippen molar-refractivity contribution in [1.29, 1.82) is 0 Å². The van der Waals surface area contributed by atoms with E-state index in [1.165, 1.54) is 0 Å². The minimum Gasteiger partial charge on any atom is -0.338 e. The molecule has 2 aromatic rings. The number of benzene rings is 2. The first-order chi connectivity index (χ1) is 11.8. The molecule has 0 radical (unpaired) electrons. The number of carbonyl (C=O) groups is 1. The molecule has 134 valence electrons. The topological polar surface area (TPSA) is 66.5 Å². The summed E-state index contributed by atoms with van der Waals surface area (Å²) in [7, 11) is -3.71. The highest BCUT2D eigenvalue weighted by molar-refractivity contribution is 7.89. The van der Waals surface area contributed by atoms with Gasteiger partial charge in [0.05, 0.1) is 11.4 Å². The van der Waals surface area contributed by atoms with E-state index in [0.29, 0.717) is 18.7 Å². The van der Waals surface area contributed by atoms with Gasteiger partial charge in [0.2, 0.25) is 15.9 Å². The molecule has 0 fully saturated rings. The van der Waals surface area contributed by atoms with E-state index in [9.17, 15) is 13.2 Å². The van der Waals surface area contributed by atoms with Crippen LogP contribution in [0.1, 0.15) is 23.6 Å². The third-order valence-electron chi connectivity index (χ3n) is 3.98. The molecule has 0 aliphatic carbocycles. The number of nitrogens with zero attached hydrogens (tertiary/aromatic N) is 1. The number of hydrogen-bond donors (Lipinski definition) is 1. The van der Waals surface area contributed by atoms with E-state index in [1.54, 1.807) is 24.0 Å². The number of rotatable bonds is 7. The second-order valence-corrected chi connectivity index (χ2v) is 7.72. The Labute approximate surface area is 149 Å². The van der Waals surface area contributed by atoms with Crippen LogP contribution in [0.3, 0.4) is 0 Å². The summed E-state index contributed by atoms with van der Waals surface area (Å²) >= 11 is 0. The average Bonchev–Trinajstić information content (AvgIpc) is 2.58. The van der Waals surface area contributed by atoms with Crippen LogP contribution in [0, 0.1) is 13.8 Å². The van der Waals surface area contributed by atoms with Crippen LogP contribution in [0.2, 0.25) is 0 Å². The molecule has 5 nitrogen and oxygen atoms in total. The lowest BCUT2D eigenvalue weighted by molar-refractivity contribution is -0.130. The fourth-order valence-electron chi connectivity index (χ4n) is 2.63. The number of aryl methyl sites for hydroxylation is 2. The molecule has 1 amide bonds. The smallest absolute Gasteiger partial charge is 0.241 e. The first kappa shape index (κ1) is 19.1.